The van der Waals surface area contributed by atoms with Crippen LogP contribution in [-0.4, -0.2) is 5.78 Å². The monoisotopic (exact) mass is 258 g/mol. The number of unbranched alkanes of at least 4 members (excludes halogenated alkanes) is 2. The lowest BCUT2D eigenvalue weighted by molar-refractivity contribution is -0.111. The van der Waals surface area contributed by atoms with Gasteiger partial charge in [0.25, 0.3) is 0 Å². The van der Waals surface area contributed by atoms with Gasteiger partial charge in [-0.25, -0.2) is 0 Å². The van der Waals surface area contributed by atoms with Crippen LogP contribution >= 0.6 is 0 Å². The molecule has 0 saturated carbocycles. The van der Waals surface area contributed by atoms with Gasteiger partial charge in [0.2, 0.25) is 0 Å². The van der Waals surface area contributed by atoms with Crippen molar-refractivity contribution < 1.29 is 4.79 Å². The zero-order valence-corrected chi connectivity index (χ0v) is 12.5. The largest absolute Gasteiger partial charge is 0.294 e. The number of carbonyl (C=O) groups is 1. The second-order valence-corrected chi connectivity index (χ2v) is 5.11. The van der Waals surface area contributed by atoms with Gasteiger partial charge in [0.05, 0.1) is 0 Å². The predicted octanol–water partition coefficient (Wildman–Crippen LogP) is 5.41. The second kappa shape index (κ2) is 8.68. The number of rotatable bonds is 8. The predicted molar refractivity (Wildman–Crippen MR) is 83.1 cm³/mol. The van der Waals surface area contributed by atoms with E-state index in [9.17, 15) is 4.79 Å². The fraction of sp³-hybridized carbons (Fsp3) is 0.500. The van der Waals surface area contributed by atoms with Gasteiger partial charge in [-0.15, -0.1) is 0 Å². The number of hydrogen-bond acceptors (Lipinski definition) is 1. The first-order chi connectivity index (χ1) is 9.20. The SMILES string of the molecule is CCCCC(CCCC)=C(C(C)=O)c1ccccc1. The molecule has 0 atom stereocenters. The van der Waals surface area contributed by atoms with E-state index in [2.05, 4.69) is 26.0 Å². The van der Waals surface area contributed by atoms with E-state index in [4.69, 9.17) is 0 Å². The molecule has 0 aliphatic rings. The lowest BCUT2D eigenvalue weighted by Crippen LogP contribution is -2.02. The highest BCUT2D eigenvalue weighted by Crippen LogP contribution is 2.27. The molecule has 0 heterocycles. The van der Waals surface area contributed by atoms with Crippen LogP contribution in [0.4, 0.5) is 0 Å². The lowest BCUT2D eigenvalue weighted by Gasteiger charge is -2.14. The Morgan fingerprint density at radius 2 is 1.47 bits per heavy atom. The first-order valence-corrected chi connectivity index (χ1v) is 7.49. The molecular weight excluding hydrogens is 232 g/mol. The summed E-state index contributed by atoms with van der Waals surface area (Å²) in [6.07, 6.45) is 6.80. The average molecular weight is 258 g/mol. The molecule has 0 spiro atoms. The maximum absolute atomic E-state index is 12.1. The molecule has 0 aliphatic heterocycles. The van der Waals surface area contributed by atoms with Gasteiger partial charge in [-0.1, -0.05) is 62.6 Å². The summed E-state index contributed by atoms with van der Waals surface area (Å²) in [6.45, 7) is 6.10. The van der Waals surface area contributed by atoms with Crippen LogP contribution in [0, 0.1) is 0 Å². The van der Waals surface area contributed by atoms with Crippen LogP contribution in [-0.2, 0) is 4.79 Å². The van der Waals surface area contributed by atoms with Crippen molar-refractivity contribution in [2.45, 2.75) is 59.3 Å². The minimum atomic E-state index is 0.202. The molecule has 0 aromatic heterocycles. The Bertz CT molecular complexity index is 405. The highest BCUT2D eigenvalue weighted by molar-refractivity contribution is 6.20. The topological polar surface area (TPSA) is 17.1 Å². The number of hydrogen-bond donors (Lipinski definition) is 0. The molecule has 1 heteroatoms. The van der Waals surface area contributed by atoms with Crippen molar-refractivity contribution in [3.05, 3.63) is 41.5 Å². The maximum Gasteiger partial charge on any atom is 0.160 e. The minimum absolute atomic E-state index is 0.202. The third-order valence-corrected chi connectivity index (χ3v) is 3.43. The van der Waals surface area contributed by atoms with E-state index < -0.39 is 0 Å². The molecule has 0 radical (unpaired) electrons. The van der Waals surface area contributed by atoms with Gasteiger partial charge in [-0.05, 0) is 38.2 Å². The molecule has 0 amide bonds. The van der Waals surface area contributed by atoms with Crippen LogP contribution in [0.15, 0.2) is 35.9 Å². The van der Waals surface area contributed by atoms with E-state index in [0.717, 1.165) is 24.0 Å². The molecule has 0 unspecified atom stereocenters. The smallest absolute Gasteiger partial charge is 0.160 e. The zero-order valence-electron chi connectivity index (χ0n) is 12.5. The Labute approximate surface area is 117 Å². The fourth-order valence-electron chi connectivity index (χ4n) is 2.42. The molecule has 19 heavy (non-hydrogen) atoms. The van der Waals surface area contributed by atoms with Gasteiger partial charge < -0.3 is 0 Å². The van der Waals surface area contributed by atoms with Crippen LogP contribution in [0.5, 0.6) is 0 Å². The van der Waals surface area contributed by atoms with E-state index >= 15 is 0 Å². The van der Waals surface area contributed by atoms with Crippen LogP contribution in [0.3, 0.4) is 0 Å². The maximum atomic E-state index is 12.1. The van der Waals surface area contributed by atoms with Crippen LogP contribution in [0.25, 0.3) is 5.57 Å². The molecule has 0 N–H and O–H groups in total. The van der Waals surface area contributed by atoms with Gasteiger partial charge >= 0.3 is 0 Å². The first-order valence-electron chi connectivity index (χ1n) is 7.49. The molecule has 1 nitrogen and oxygen atoms in total. The molecule has 0 fully saturated rings. The molecule has 0 bridgehead atoms. The molecular formula is C18H26O. The van der Waals surface area contributed by atoms with E-state index in [0.29, 0.717) is 0 Å². The highest BCUT2D eigenvalue weighted by atomic mass is 16.1. The number of allylic oxidation sites excluding steroid dienone is 2. The third-order valence-electron chi connectivity index (χ3n) is 3.43. The standard InChI is InChI=1S/C18H26O/c1-4-6-11-16(12-7-5-2)18(15(3)19)17-13-9-8-10-14-17/h8-10,13-14H,4-7,11-12H2,1-3H3. The molecule has 104 valence electrons. The van der Waals surface area contributed by atoms with Gasteiger partial charge in [0.1, 0.15) is 0 Å². The normalized spacial score (nSPS) is 10.3. The average Bonchev–Trinajstić information content (AvgIpc) is 2.42. The van der Waals surface area contributed by atoms with Crippen molar-refractivity contribution in [3.8, 4) is 0 Å². The Morgan fingerprint density at radius 3 is 1.89 bits per heavy atom. The second-order valence-electron chi connectivity index (χ2n) is 5.11. The molecule has 1 rings (SSSR count). The first kappa shape index (κ1) is 15.7. The summed E-state index contributed by atoms with van der Waals surface area (Å²) < 4.78 is 0. The Balaban J connectivity index is 3.12. The zero-order chi connectivity index (χ0) is 14.1. The van der Waals surface area contributed by atoms with Crippen LogP contribution in [0.1, 0.15) is 64.9 Å². The Hall–Kier alpha value is -1.37. The van der Waals surface area contributed by atoms with E-state index in [1.165, 1.54) is 31.3 Å². The van der Waals surface area contributed by atoms with E-state index in [-0.39, 0.29) is 5.78 Å². The number of Topliss-reactive ketones (excluding diaryl/α,β-unsaturated/α-hetero) is 1. The van der Waals surface area contributed by atoms with Gasteiger partial charge in [-0.3, -0.25) is 4.79 Å². The third kappa shape index (κ3) is 5.02. The Kier molecular flexibility index (Phi) is 7.17. The number of ketones is 1. The van der Waals surface area contributed by atoms with Crippen molar-refractivity contribution in [1.29, 1.82) is 0 Å². The summed E-state index contributed by atoms with van der Waals surface area (Å²) in [6, 6.07) is 10.1. The minimum Gasteiger partial charge on any atom is -0.294 e. The lowest BCUT2D eigenvalue weighted by atomic mass is 9.90. The van der Waals surface area contributed by atoms with Crippen molar-refractivity contribution in [2.75, 3.05) is 0 Å². The highest BCUT2D eigenvalue weighted by Gasteiger charge is 2.13. The number of benzene rings is 1. The van der Waals surface area contributed by atoms with Crippen LogP contribution < -0.4 is 0 Å². The van der Waals surface area contributed by atoms with Crippen molar-refractivity contribution >= 4 is 11.4 Å². The van der Waals surface area contributed by atoms with Crippen molar-refractivity contribution in [2.24, 2.45) is 0 Å². The summed E-state index contributed by atoms with van der Waals surface area (Å²) in [4.78, 5) is 12.1. The van der Waals surface area contributed by atoms with Crippen molar-refractivity contribution in [1.82, 2.24) is 0 Å². The molecule has 0 saturated heterocycles. The van der Waals surface area contributed by atoms with E-state index in [1.807, 2.05) is 18.2 Å². The van der Waals surface area contributed by atoms with Gasteiger partial charge in [0, 0.05) is 5.57 Å². The Morgan fingerprint density at radius 1 is 0.947 bits per heavy atom. The quantitative estimate of drug-likeness (QED) is 0.570. The van der Waals surface area contributed by atoms with Gasteiger partial charge in [-0.2, -0.15) is 0 Å². The summed E-state index contributed by atoms with van der Waals surface area (Å²) in [5, 5.41) is 0. The summed E-state index contributed by atoms with van der Waals surface area (Å²) in [5.41, 5.74) is 3.39. The van der Waals surface area contributed by atoms with Crippen LogP contribution in [0.2, 0.25) is 0 Å². The summed E-state index contributed by atoms with van der Waals surface area (Å²) in [5.74, 6) is 0.202. The van der Waals surface area contributed by atoms with Crippen molar-refractivity contribution in [3.63, 3.8) is 0 Å². The van der Waals surface area contributed by atoms with Gasteiger partial charge in [0.15, 0.2) is 5.78 Å². The van der Waals surface area contributed by atoms with E-state index in [1.54, 1.807) is 6.92 Å². The number of carbonyl (C=O) groups excluding carboxylic acids is 1. The fourth-order valence-corrected chi connectivity index (χ4v) is 2.42. The molecule has 0 aliphatic carbocycles. The summed E-state index contributed by atoms with van der Waals surface area (Å²) >= 11 is 0. The summed E-state index contributed by atoms with van der Waals surface area (Å²) in [7, 11) is 0. The molecule has 1 aromatic carbocycles. The molecule has 1 aromatic rings.